The first kappa shape index (κ1) is 12.1. The molecule has 3 rings (SSSR count). The first-order valence-corrected chi connectivity index (χ1v) is 6.95. The number of rotatable bonds is 1. The second-order valence-corrected chi connectivity index (χ2v) is 5.73. The van der Waals surface area contributed by atoms with Gasteiger partial charge in [-0.05, 0) is 46.3 Å². The van der Waals surface area contributed by atoms with Crippen LogP contribution in [0.15, 0.2) is 39.3 Å². The third-order valence-corrected chi connectivity index (χ3v) is 3.75. The maximum Gasteiger partial charge on any atom is 0.186 e. The van der Waals surface area contributed by atoms with Crippen LogP contribution in [0.3, 0.4) is 0 Å². The van der Waals surface area contributed by atoms with E-state index in [0.29, 0.717) is 16.6 Å². The summed E-state index contributed by atoms with van der Waals surface area (Å²) in [7, 11) is 0. The van der Waals surface area contributed by atoms with Gasteiger partial charge in [0, 0.05) is 14.5 Å². The Morgan fingerprint density at radius 2 is 1.89 bits per heavy atom. The topological polar surface area (TPSA) is 43.1 Å². The van der Waals surface area contributed by atoms with Crippen molar-refractivity contribution in [3.63, 3.8) is 0 Å². The van der Waals surface area contributed by atoms with Gasteiger partial charge in [-0.1, -0.05) is 27.5 Å². The fraction of sp³-hybridized carbons (Fsp3) is 0. The molecule has 0 N–H and O–H groups in total. The molecule has 90 valence electrons. The quantitative estimate of drug-likeness (QED) is 0.634. The van der Waals surface area contributed by atoms with Crippen LogP contribution in [0.5, 0.6) is 0 Å². The van der Waals surface area contributed by atoms with Crippen LogP contribution in [-0.2, 0) is 0 Å². The molecule has 0 saturated carbocycles. The summed E-state index contributed by atoms with van der Waals surface area (Å²) in [6.45, 7) is 0. The molecule has 7 heteroatoms. The van der Waals surface area contributed by atoms with Gasteiger partial charge in [-0.3, -0.25) is 0 Å². The van der Waals surface area contributed by atoms with Crippen molar-refractivity contribution in [2.45, 2.75) is 0 Å². The molecular formula is C11H5Br2ClN4. The van der Waals surface area contributed by atoms with E-state index >= 15 is 0 Å². The van der Waals surface area contributed by atoms with E-state index in [1.54, 1.807) is 16.6 Å². The molecule has 1 aromatic carbocycles. The Kier molecular flexibility index (Phi) is 3.09. The average molecular weight is 388 g/mol. The third kappa shape index (κ3) is 2.04. The van der Waals surface area contributed by atoms with E-state index in [4.69, 9.17) is 11.6 Å². The van der Waals surface area contributed by atoms with Gasteiger partial charge in [0.25, 0.3) is 0 Å². The first-order valence-electron chi connectivity index (χ1n) is 4.98. The second kappa shape index (κ2) is 4.60. The minimum absolute atomic E-state index is 0.400. The summed E-state index contributed by atoms with van der Waals surface area (Å²) in [6, 6.07) is 9.28. The minimum Gasteiger partial charge on any atom is -0.191 e. The Bertz CT molecular complexity index is 741. The van der Waals surface area contributed by atoms with Gasteiger partial charge in [0.05, 0.1) is 0 Å². The van der Waals surface area contributed by atoms with Crippen LogP contribution in [0.2, 0.25) is 5.15 Å². The highest BCUT2D eigenvalue weighted by Crippen LogP contribution is 2.29. The number of hydrogen-bond donors (Lipinski definition) is 0. The van der Waals surface area contributed by atoms with Gasteiger partial charge in [-0.2, -0.15) is 9.61 Å². The molecule has 3 aromatic rings. The summed E-state index contributed by atoms with van der Waals surface area (Å²) < 4.78 is 3.52. The molecule has 0 radical (unpaired) electrons. The maximum absolute atomic E-state index is 5.89. The summed E-state index contributed by atoms with van der Waals surface area (Å²) in [4.78, 5) is 0. The van der Waals surface area contributed by atoms with Crippen molar-refractivity contribution in [3.8, 4) is 11.4 Å². The van der Waals surface area contributed by atoms with Crippen molar-refractivity contribution >= 4 is 49.1 Å². The summed E-state index contributed by atoms with van der Waals surface area (Å²) >= 11 is 12.8. The van der Waals surface area contributed by atoms with Gasteiger partial charge in [-0.15, -0.1) is 10.2 Å². The number of nitrogens with zero attached hydrogens (tertiary/aromatic N) is 4. The van der Waals surface area contributed by atoms with E-state index in [-0.39, 0.29) is 0 Å². The van der Waals surface area contributed by atoms with Crippen molar-refractivity contribution < 1.29 is 0 Å². The lowest BCUT2D eigenvalue weighted by atomic mass is 10.2. The SMILES string of the molecule is Clc1ccc2nnc(-c3ccc(Br)cc3Br)n2n1. The first-order chi connectivity index (χ1) is 8.65. The van der Waals surface area contributed by atoms with Gasteiger partial charge in [0.15, 0.2) is 11.5 Å². The zero-order valence-electron chi connectivity index (χ0n) is 8.81. The number of fused-ring (bicyclic) bond motifs is 1. The highest BCUT2D eigenvalue weighted by atomic mass is 79.9. The van der Waals surface area contributed by atoms with E-state index in [1.807, 2.05) is 18.2 Å². The fourth-order valence-corrected chi connectivity index (χ4v) is 2.97. The minimum atomic E-state index is 0.400. The fourth-order valence-electron chi connectivity index (χ4n) is 1.61. The van der Waals surface area contributed by atoms with Gasteiger partial charge < -0.3 is 0 Å². The highest BCUT2D eigenvalue weighted by Gasteiger charge is 2.12. The molecule has 0 unspecified atom stereocenters. The maximum atomic E-state index is 5.89. The van der Waals surface area contributed by atoms with Crippen LogP contribution in [0, 0.1) is 0 Å². The van der Waals surface area contributed by atoms with E-state index < -0.39 is 0 Å². The van der Waals surface area contributed by atoms with Crippen molar-refractivity contribution in [2.75, 3.05) is 0 Å². The molecule has 18 heavy (non-hydrogen) atoms. The van der Waals surface area contributed by atoms with Crippen LogP contribution < -0.4 is 0 Å². The second-order valence-electron chi connectivity index (χ2n) is 3.57. The average Bonchev–Trinajstić information content (AvgIpc) is 2.72. The third-order valence-electron chi connectivity index (χ3n) is 2.40. The van der Waals surface area contributed by atoms with E-state index in [9.17, 15) is 0 Å². The molecule has 2 heterocycles. The van der Waals surface area contributed by atoms with Gasteiger partial charge in [-0.25, -0.2) is 0 Å². The Morgan fingerprint density at radius 1 is 1.06 bits per heavy atom. The zero-order chi connectivity index (χ0) is 12.7. The van der Waals surface area contributed by atoms with Crippen LogP contribution >= 0.6 is 43.5 Å². The molecule has 0 aliphatic rings. The molecule has 0 aliphatic carbocycles. The molecule has 0 atom stereocenters. The number of hydrogen-bond acceptors (Lipinski definition) is 3. The standard InChI is InChI=1S/C11H5Br2ClN4/c12-6-1-2-7(8(13)5-6)11-16-15-10-4-3-9(14)17-18(10)11/h1-5H. The highest BCUT2D eigenvalue weighted by molar-refractivity contribution is 9.11. The summed E-state index contributed by atoms with van der Waals surface area (Å²) in [6.07, 6.45) is 0. The van der Waals surface area contributed by atoms with E-state index in [2.05, 4.69) is 47.2 Å². The normalized spacial score (nSPS) is 11.1. The summed E-state index contributed by atoms with van der Waals surface area (Å²) in [5.74, 6) is 0.645. The van der Waals surface area contributed by atoms with Crippen LogP contribution in [0.4, 0.5) is 0 Å². The Balaban J connectivity index is 2.28. The Hall–Kier alpha value is -0.980. The molecule has 0 bridgehead atoms. The molecule has 0 saturated heterocycles. The van der Waals surface area contributed by atoms with Crippen molar-refractivity contribution in [2.24, 2.45) is 0 Å². The predicted octanol–water partition coefficient (Wildman–Crippen LogP) is 3.97. The van der Waals surface area contributed by atoms with Gasteiger partial charge >= 0.3 is 0 Å². The van der Waals surface area contributed by atoms with Crippen molar-refractivity contribution in [1.82, 2.24) is 19.8 Å². The molecule has 0 fully saturated rings. The lowest BCUT2D eigenvalue weighted by Crippen LogP contribution is -1.95. The largest absolute Gasteiger partial charge is 0.191 e. The smallest absolute Gasteiger partial charge is 0.186 e. The van der Waals surface area contributed by atoms with Crippen molar-refractivity contribution in [3.05, 3.63) is 44.4 Å². The lowest BCUT2D eigenvalue weighted by Gasteiger charge is -2.02. The van der Waals surface area contributed by atoms with E-state index in [1.165, 1.54) is 0 Å². The molecule has 0 spiro atoms. The molecule has 0 aliphatic heterocycles. The summed E-state index contributed by atoms with van der Waals surface area (Å²) in [5, 5.41) is 12.8. The molecule has 2 aromatic heterocycles. The molecule has 4 nitrogen and oxygen atoms in total. The Labute approximate surface area is 124 Å². The van der Waals surface area contributed by atoms with Crippen molar-refractivity contribution in [1.29, 1.82) is 0 Å². The monoisotopic (exact) mass is 386 g/mol. The van der Waals surface area contributed by atoms with Crippen LogP contribution in [-0.4, -0.2) is 19.8 Å². The number of halogens is 3. The Morgan fingerprint density at radius 3 is 2.67 bits per heavy atom. The van der Waals surface area contributed by atoms with E-state index in [0.717, 1.165) is 14.5 Å². The van der Waals surface area contributed by atoms with Crippen LogP contribution in [0.1, 0.15) is 0 Å². The molecule has 0 amide bonds. The lowest BCUT2D eigenvalue weighted by molar-refractivity contribution is 0.935. The number of benzene rings is 1. The zero-order valence-corrected chi connectivity index (χ0v) is 12.7. The van der Waals surface area contributed by atoms with Crippen LogP contribution in [0.25, 0.3) is 17.0 Å². The summed E-state index contributed by atoms with van der Waals surface area (Å²) in [5.41, 5.74) is 1.56. The van der Waals surface area contributed by atoms with Gasteiger partial charge in [0.1, 0.15) is 5.15 Å². The number of aromatic nitrogens is 4. The van der Waals surface area contributed by atoms with Gasteiger partial charge in [0.2, 0.25) is 0 Å². The predicted molar refractivity (Wildman–Crippen MR) is 76.6 cm³/mol. The molecular weight excluding hydrogens is 383 g/mol.